The summed E-state index contributed by atoms with van der Waals surface area (Å²) in [6.45, 7) is 0. The zero-order chi connectivity index (χ0) is 15.2. The van der Waals surface area contributed by atoms with Crippen LogP contribution in [0.25, 0.3) is 0 Å². The summed E-state index contributed by atoms with van der Waals surface area (Å²) >= 11 is 17.5. The first-order chi connectivity index (χ1) is 10.1. The monoisotopic (exact) mass is 341 g/mol. The number of amides is 1. The van der Waals surface area contributed by atoms with Crippen molar-refractivity contribution in [1.29, 1.82) is 0 Å². The summed E-state index contributed by atoms with van der Waals surface area (Å²) in [6.07, 6.45) is 1.07. The molecule has 1 N–H and O–H groups in total. The number of hydrogen-bond donors (Lipinski definition) is 1. The zero-order valence-corrected chi connectivity index (χ0v) is 13.5. The van der Waals surface area contributed by atoms with Gasteiger partial charge in [-0.25, -0.2) is 0 Å². The van der Waals surface area contributed by atoms with Crippen LogP contribution in [-0.4, -0.2) is 11.8 Å². The van der Waals surface area contributed by atoms with E-state index < -0.39 is 0 Å². The van der Waals surface area contributed by atoms with E-state index in [1.807, 2.05) is 24.3 Å². The molecule has 0 atom stereocenters. The molecule has 0 saturated heterocycles. The topological polar surface area (TPSA) is 29.1 Å². The van der Waals surface area contributed by atoms with Gasteiger partial charge in [0.1, 0.15) is 0 Å². The second-order valence-corrected chi connectivity index (χ2v) is 5.80. The maximum atomic E-state index is 12.0. The highest BCUT2D eigenvalue weighted by Crippen LogP contribution is 2.23. The van der Waals surface area contributed by atoms with E-state index in [1.165, 1.54) is 0 Å². The van der Waals surface area contributed by atoms with Gasteiger partial charge in [0.15, 0.2) is 0 Å². The van der Waals surface area contributed by atoms with E-state index in [9.17, 15) is 4.79 Å². The van der Waals surface area contributed by atoms with Crippen LogP contribution in [-0.2, 0) is 17.6 Å². The van der Waals surface area contributed by atoms with Crippen LogP contribution in [0.1, 0.15) is 11.1 Å². The minimum absolute atomic E-state index is 0.0986. The molecule has 0 unspecified atom stereocenters. The van der Waals surface area contributed by atoms with Gasteiger partial charge in [0.2, 0.25) is 5.91 Å². The Balaban J connectivity index is 1.96. The predicted octanol–water partition coefficient (Wildman–Crippen LogP) is 4.96. The molecule has 0 heterocycles. The number of halogens is 3. The molecule has 2 aromatic rings. The second kappa shape index (κ2) is 7.69. The molecular weight excluding hydrogens is 329 g/mol. The van der Waals surface area contributed by atoms with Crippen LogP contribution in [0.4, 0.5) is 5.69 Å². The highest BCUT2D eigenvalue weighted by atomic mass is 35.5. The Kier molecular flexibility index (Phi) is 5.92. The van der Waals surface area contributed by atoms with E-state index in [2.05, 4.69) is 5.32 Å². The lowest BCUT2D eigenvalue weighted by atomic mass is 10.1. The third-order valence-corrected chi connectivity index (χ3v) is 3.90. The maximum absolute atomic E-state index is 12.0. The van der Waals surface area contributed by atoms with Crippen LogP contribution in [0, 0.1) is 0 Å². The van der Waals surface area contributed by atoms with E-state index in [0.29, 0.717) is 15.9 Å². The van der Waals surface area contributed by atoms with Gasteiger partial charge in [-0.15, -0.1) is 11.6 Å². The lowest BCUT2D eigenvalue weighted by Crippen LogP contribution is -2.14. The summed E-state index contributed by atoms with van der Waals surface area (Å²) in [5.74, 6) is 0.488. The fraction of sp³-hybridized carbons (Fsp3) is 0.188. The molecule has 0 aliphatic heterocycles. The Morgan fingerprint density at radius 1 is 0.952 bits per heavy atom. The van der Waals surface area contributed by atoms with Gasteiger partial charge in [-0.3, -0.25) is 4.79 Å². The number of carbonyl (C=O) groups is 1. The fourth-order valence-electron chi connectivity index (χ4n) is 1.90. The quantitative estimate of drug-likeness (QED) is 0.765. The fourth-order valence-corrected chi connectivity index (χ4v) is 2.44. The predicted molar refractivity (Wildman–Crippen MR) is 89.7 cm³/mol. The van der Waals surface area contributed by atoms with Gasteiger partial charge < -0.3 is 5.32 Å². The van der Waals surface area contributed by atoms with Gasteiger partial charge in [0.05, 0.1) is 16.5 Å². The summed E-state index contributed by atoms with van der Waals surface area (Å²) in [7, 11) is 0. The minimum atomic E-state index is -0.0986. The van der Waals surface area contributed by atoms with Crippen molar-refractivity contribution in [1.82, 2.24) is 0 Å². The molecular formula is C16H14Cl3NO. The first kappa shape index (κ1) is 16.2. The average Bonchev–Trinajstić information content (AvgIpc) is 2.45. The van der Waals surface area contributed by atoms with Crippen molar-refractivity contribution in [3.05, 3.63) is 63.6 Å². The van der Waals surface area contributed by atoms with E-state index in [4.69, 9.17) is 34.8 Å². The number of nitrogens with one attached hydrogen (secondary N) is 1. The van der Waals surface area contributed by atoms with E-state index in [-0.39, 0.29) is 12.3 Å². The maximum Gasteiger partial charge on any atom is 0.228 e. The smallest absolute Gasteiger partial charge is 0.228 e. The lowest BCUT2D eigenvalue weighted by molar-refractivity contribution is -0.115. The molecule has 2 rings (SSSR count). The van der Waals surface area contributed by atoms with Crippen LogP contribution in [0.2, 0.25) is 10.0 Å². The normalized spacial score (nSPS) is 10.4. The molecule has 0 radical (unpaired) electrons. The molecule has 0 spiro atoms. The van der Waals surface area contributed by atoms with Crippen LogP contribution in [0.3, 0.4) is 0 Å². The Labute approximate surface area is 139 Å². The van der Waals surface area contributed by atoms with Crippen LogP contribution in [0.5, 0.6) is 0 Å². The first-order valence-corrected chi connectivity index (χ1v) is 7.76. The van der Waals surface area contributed by atoms with Gasteiger partial charge >= 0.3 is 0 Å². The Morgan fingerprint density at radius 3 is 2.24 bits per heavy atom. The van der Waals surface area contributed by atoms with Crippen molar-refractivity contribution < 1.29 is 4.79 Å². The van der Waals surface area contributed by atoms with Gasteiger partial charge in [0, 0.05) is 11.6 Å². The van der Waals surface area contributed by atoms with Gasteiger partial charge in [-0.05, 0) is 41.8 Å². The van der Waals surface area contributed by atoms with Crippen molar-refractivity contribution >= 4 is 46.4 Å². The summed E-state index contributed by atoms with van der Waals surface area (Å²) in [5, 5.41) is 3.78. The molecule has 0 fully saturated rings. The lowest BCUT2D eigenvalue weighted by Gasteiger charge is -2.07. The van der Waals surface area contributed by atoms with E-state index in [1.54, 1.807) is 18.2 Å². The Bertz CT molecular complexity index is 626. The van der Waals surface area contributed by atoms with Gasteiger partial charge in [-0.2, -0.15) is 0 Å². The highest BCUT2D eigenvalue weighted by Gasteiger charge is 2.06. The molecule has 110 valence electrons. The van der Waals surface area contributed by atoms with Gasteiger partial charge in [0.25, 0.3) is 0 Å². The molecule has 0 aliphatic carbocycles. The van der Waals surface area contributed by atoms with Crippen molar-refractivity contribution in [2.75, 3.05) is 11.2 Å². The molecule has 0 aromatic heterocycles. The van der Waals surface area contributed by atoms with Crippen molar-refractivity contribution in [2.45, 2.75) is 12.8 Å². The summed E-state index contributed by atoms with van der Waals surface area (Å²) < 4.78 is 0. The van der Waals surface area contributed by atoms with Crippen molar-refractivity contribution in [2.24, 2.45) is 0 Å². The largest absolute Gasteiger partial charge is 0.326 e. The number of alkyl halides is 1. The molecule has 5 heteroatoms. The number of rotatable bonds is 5. The van der Waals surface area contributed by atoms with Crippen LogP contribution >= 0.6 is 34.8 Å². The van der Waals surface area contributed by atoms with Crippen molar-refractivity contribution in [3.63, 3.8) is 0 Å². The number of anilines is 1. The number of aryl methyl sites for hydroxylation is 1. The standard InChI is InChI=1S/C16H14Cl3NO/c17-8-7-11-1-4-13(5-2-11)20-16(21)10-12-3-6-14(18)15(19)9-12/h1-6,9H,7-8,10H2,(H,20,21). The second-order valence-electron chi connectivity index (χ2n) is 4.61. The van der Waals surface area contributed by atoms with Gasteiger partial charge in [-0.1, -0.05) is 41.4 Å². The molecule has 0 aliphatic rings. The number of carbonyl (C=O) groups excluding carboxylic acids is 1. The molecule has 1 amide bonds. The summed E-state index contributed by atoms with van der Waals surface area (Å²) in [5.41, 5.74) is 2.73. The third kappa shape index (κ3) is 4.92. The molecule has 0 saturated carbocycles. The van der Waals surface area contributed by atoms with Crippen LogP contribution < -0.4 is 5.32 Å². The average molecular weight is 343 g/mol. The highest BCUT2D eigenvalue weighted by molar-refractivity contribution is 6.42. The van der Waals surface area contributed by atoms with E-state index in [0.717, 1.165) is 23.2 Å². The van der Waals surface area contributed by atoms with E-state index >= 15 is 0 Å². The molecule has 21 heavy (non-hydrogen) atoms. The molecule has 2 nitrogen and oxygen atoms in total. The molecule has 2 aromatic carbocycles. The minimum Gasteiger partial charge on any atom is -0.326 e. The first-order valence-electron chi connectivity index (χ1n) is 6.47. The Morgan fingerprint density at radius 2 is 1.62 bits per heavy atom. The van der Waals surface area contributed by atoms with Crippen LogP contribution in [0.15, 0.2) is 42.5 Å². The third-order valence-electron chi connectivity index (χ3n) is 2.97. The zero-order valence-electron chi connectivity index (χ0n) is 11.2. The SMILES string of the molecule is O=C(Cc1ccc(Cl)c(Cl)c1)Nc1ccc(CCCl)cc1. The molecule has 0 bridgehead atoms. The van der Waals surface area contributed by atoms with Crippen molar-refractivity contribution in [3.8, 4) is 0 Å². The Hall–Kier alpha value is -1.22. The number of benzene rings is 2. The summed E-state index contributed by atoms with van der Waals surface area (Å²) in [6, 6.07) is 12.8. The summed E-state index contributed by atoms with van der Waals surface area (Å²) in [4.78, 5) is 12.0. The number of hydrogen-bond acceptors (Lipinski definition) is 1.